The van der Waals surface area contributed by atoms with Crippen molar-refractivity contribution in [3.8, 4) is 0 Å². The second kappa shape index (κ2) is 5.06. The Balaban J connectivity index is 2.13. The average molecular weight is 313 g/mol. The van der Waals surface area contributed by atoms with Gasteiger partial charge < -0.3 is 5.32 Å². The van der Waals surface area contributed by atoms with Crippen LogP contribution in [0.3, 0.4) is 0 Å². The molecule has 0 radical (unpaired) electrons. The summed E-state index contributed by atoms with van der Waals surface area (Å²) < 4.78 is 0. The summed E-state index contributed by atoms with van der Waals surface area (Å²) in [5.74, 6) is -0.252. The first-order valence-corrected chi connectivity index (χ1v) is 6.81. The van der Waals surface area contributed by atoms with E-state index >= 15 is 0 Å². The fourth-order valence-electron chi connectivity index (χ4n) is 1.97. The zero-order chi connectivity index (χ0) is 13.2. The van der Waals surface area contributed by atoms with Gasteiger partial charge in [0.15, 0.2) is 0 Å². The molecule has 1 aromatic rings. The van der Waals surface area contributed by atoms with E-state index in [0.717, 1.165) is 19.3 Å². The van der Waals surface area contributed by atoms with Crippen molar-refractivity contribution in [3.05, 3.63) is 39.9 Å². The van der Waals surface area contributed by atoms with Gasteiger partial charge in [-0.1, -0.05) is 22.0 Å². The predicted molar refractivity (Wildman–Crippen MR) is 70.9 cm³/mol. The van der Waals surface area contributed by atoms with Gasteiger partial charge >= 0.3 is 0 Å². The summed E-state index contributed by atoms with van der Waals surface area (Å²) in [5, 5.41) is 14.3. The molecule has 1 amide bonds. The van der Waals surface area contributed by atoms with Gasteiger partial charge in [-0.2, -0.15) is 0 Å². The number of nitro benzene ring substituents is 1. The first-order valence-electron chi connectivity index (χ1n) is 5.69. The van der Waals surface area contributed by atoms with Crippen LogP contribution >= 0.6 is 15.9 Å². The lowest BCUT2D eigenvalue weighted by molar-refractivity contribution is -0.384. The van der Waals surface area contributed by atoms with Crippen molar-refractivity contribution in [1.82, 2.24) is 5.32 Å². The number of alkyl halides is 1. The van der Waals surface area contributed by atoms with E-state index in [0.29, 0.717) is 10.9 Å². The van der Waals surface area contributed by atoms with Crippen molar-refractivity contribution in [2.45, 2.75) is 24.8 Å². The van der Waals surface area contributed by atoms with Gasteiger partial charge in [0, 0.05) is 23.0 Å². The maximum absolute atomic E-state index is 12.0. The Hall–Kier alpha value is -1.43. The minimum Gasteiger partial charge on any atom is -0.346 e. The van der Waals surface area contributed by atoms with Gasteiger partial charge in [0.05, 0.1) is 10.5 Å². The molecule has 1 N–H and O–H groups in total. The average Bonchev–Trinajstić information content (AvgIpc) is 2.33. The molecule has 0 saturated heterocycles. The van der Waals surface area contributed by atoms with E-state index in [2.05, 4.69) is 21.2 Å². The Morgan fingerprint density at radius 3 is 2.72 bits per heavy atom. The zero-order valence-electron chi connectivity index (χ0n) is 9.69. The van der Waals surface area contributed by atoms with Crippen LogP contribution < -0.4 is 5.32 Å². The highest BCUT2D eigenvalue weighted by Crippen LogP contribution is 2.33. The molecule has 2 rings (SSSR count). The lowest BCUT2D eigenvalue weighted by Crippen LogP contribution is -2.54. The van der Waals surface area contributed by atoms with E-state index < -0.39 is 4.92 Å². The first-order chi connectivity index (χ1) is 8.56. The molecule has 0 heterocycles. The topological polar surface area (TPSA) is 72.2 Å². The van der Waals surface area contributed by atoms with Crippen molar-refractivity contribution < 1.29 is 9.72 Å². The quantitative estimate of drug-likeness (QED) is 0.527. The fourth-order valence-corrected chi connectivity index (χ4v) is 2.67. The molecular weight excluding hydrogens is 300 g/mol. The lowest BCUT2D eigenvalue weighted by atomic mass is 9.78. The van der Waals surface area contributed by atoms with E-state index in [4.69, 9.17) is 0 Å². The van der Waals surface area contributed by atoms with Gasteiger partial charge in [-0.3, -0.25) is 14.9 Å². The molecule has 1 fully saturated rings. The SMILES string of the molecule is O=C(NC1(CBr)CCC1)c1cccc([N+](=O)[O-])c1. The van der Waals surface area contributed by atoms with Gasteiger partial charge in [-0.25, -0.2) is 0 Å². The Labute approximate surface area is 113 Å². The van der Waals surface area contributed by atoms with E-state index in [1.807, 2.05) is 0 Å². The van der Waals surface area contributed by atoms with Gasteiger partial charge in [0.2, 0.25) is 0 Å². The summed E-state index contributed by atoms with van der Waals surface area (Å²) in [4.78, 5) is 22.2. The molecule has 0 unspecified atom stereocenters. The molecule has 1 aromatic carbocycles. The monoisotopic (exact) mass is 312 g/mol. The molecule has 0 aromatic heterocycles. The van der Waals surface area contributed by atoms with Crippen LogP contribution in [0, 0.1) is 10.1 Å². The van der Waals surface area contributed by atoms with Crippen molar-refractivity contribution in [3.63, 3.8) is 0 Å². The van der Waals surface area contributed by atoms with Crippen LogP contribution in [0.2, 0.25) is 0 Å². The van der Waals surface area contributed by atoms with Crippen molar-refractivity contribution in [2.24, 2.45) is 0 Å². The smallest absolute Gasteiger partial charge is 0.270 e. The molecular formula is C12H13BrN2O3. The number of halogens is 1. The molecule has 1 saturated carbocycles. The Kier molecular flexibility index (Phi) is 3.65. The van der Waals surface area contributed by atoms with E-state index in [-0.39, 0.29) is 17.1 Å². The number of carbonyl (C=O) groups is 1. The molecule has 1 aliphatic rings. The highest BCUT2D eigenvalue weighted by Gasteiger charge is 2.37. The first kappa shape index (κ1) is 13.0. The number of carbonyl (C=O) groups excluding carboxylic acids is 1. The number of nitrogens with one attached hydrogen (secondary N) is 1. The molecule has 0 aliphatic heterocycles. The van der Waals surface area contributed by atoms with Crippen LogP contribution in [0.25, 0.3) is 0 Å². The number of amides is 1. The fraction of sp³-hybridized carbons (Fsp3) is 0.417. The minimum atomic E-state index is -0.500. The second-order valence-corrected chi connectivity index (χ2v) is 5.09. The third-order valence-corrected chi connectivity index (χ3v) is 4.34. The largest absolute Gasteiger partial charge is 0.346 e. The predicted octanol–water partition coefficient (Wildman–Crippen LogP) is 2.64. The zero-order valence-corrected chi connectivity index (χ0v) is 11.3. The molecule has 5 nitrogen and oxygen atoms in total. The Morgan fingerprint density at radius 2 is 2.22 bits per heavy atom. The summed E-state index contributed by atoms with van der Waals surface area (Å²) >= 11 is 3.40. The highest BCUT2D eigenvalue weighted by molar-refractivity contribution is 9.09. The lowest BCUT2D eigenvalue weighted by Gasteiger charge is -2.41. The van der Waals surface area contributed by atoms with Gasteiger partial charge in [-0.05, 0) is 25.3 Å². The van der Waals surface area contributed by atoms with Crippen LogP contribution in [0.1, 0.15) is 29.6 Å². The third-order valence-electron chi connectivity index (χ3n) is 3.26. The maximum atomic E-state index is 12.0. The molecule has 0 bridgehead atoms. The van der Waals surface area contributed by atoms with Gasteiger partial charge in [0.25, 0.3) is 11.6 Å². The van der Waals surface area contributed by atoms with E-state index in [1.54, 1.807) is 6.07 Å². The highest BCUT2D eigenvalue weighted by atomic mass is 79.9. The number of nitro groups is 1. The number of rotatable bonds is 4. The molecule has 96 valence electrons. The van der Waals surface area contributed by atoms with Crippen LogP contribution in [0.15, 0.2) is 24.3 Å². The van der Waals surface area contributed by atoms with E-state index in [1.165, 1.54) is 18.2 Å². The van der Waals surface area contributed by atoms with Crippen LogP contribution in [0.4, 0.5) is 5.69 Å². The van der Waals surface area contributed by atoms with Crippen LogP contribution in [0.5, 0.6) is 0 Å². The van der Waals surface area contributed by atoms with Crippen molar-refractivity contribution >= 4 is 27.5 Å². The van der Waals surface area contributed by atoms with Gasteiger partial charge in [0.1, 0.15) is 0 Å². The normalized spacial score (nSPS) is 16.7. The summed E-state index contributed by atoms with van der Waals surface area (Å²) in [6.07, 6.45) is 2.98. The molecule has 1 aliphatic carbocycles. The van der Waals surface area contributed by atoms with Crippen LogP contribution in [-0.2, 0) is 0 Å². The number of non-ortho nitro benzene ring substituents is 1. The molecule has 0 spiro atoms. The number of hydrogen-bond donors (Lipinski definition) is 1. The summed E-state index contributed by atoms with van der Waals surface area (Å²) in [5.41, 5.74) is 0.0856. The summed E-state index contributed by atoms with van der Waals surface area (Å²) in [6.45, 7) is 0. The summed E-state index contributed by atoms with van der Waals surface area (Å²) in [6, 6.07) is 5.79. The Morgan fingerprint density at radius 1 is 1.50 bits per heavy atom. The van der Waals surface area contributed by atoms with Crippen LogP contribution in [-0.4, -0.2) is 21.7 Å². The standard InChI is InChI=1S/C12H13BrN2O3/c13-8-12(5-2-6-12)14-11(16)9-3-1-4-10(7-9)15(17)18/h1,3-4,7H,2,5-6,8H2,(H,14,16). The molecule has 18 heavy (non-hydrogen) atoms. The molecule has 0 atom stereocenters. The number of hydrogen-bond acceptors (Lipinski definition) is 3. The summed E-state index contributed by atoms with van der Waals surface area (Å²) in [7, 11) is 0. The maximum Gasteiger partial charge on any atom is 0.270 e. The number of nitrogens with zero attached hydrogens (tertiary/aromatic N) is 1. The van der Waals surface area contributed by atoms with Crippen molar-refractivity contribution in [2.75, 3.05) is 5.33 Å². The third kappa shape index (κ3) is 2.53. The minimum absolute atomic E-state index is 0.0656. The number of benzene rings is 1. The van der Waals surface area contributed by atoms with Gasteiger partial charge in [-0.15, -0.1) is 0 Å². The second-order valence-electron chi connectivity index (χ2n) is 4.53. The molecule has 6 heteroatoms. The van der Waals surface area contributed by atoms with Crippen molar-refractivity contribution in [1.29, 1.82) is 0 Å². The van der Waals surface area contributed by atoms with E-state index in [9.17, 15) is 14.9 Å². The Bertz CT molecular complexity index is 480.